The first-order valence-corrected chi connectivity index (χ1v) is 8.94. The van der Waals surface area contributed by atoms with Gasteiger partial charge in [0, 0.05) is 18.0 Å². The first-order chi connectivity index (χ1) is 13.1. The molecule has 0 saturated heterocycles. The van der Waals surface area contributed by atoms with Crippen LogP contribution in [0.1, 0.15) is 43.5 Å². The number of carbonyl (C=O) groups excluding carboxylic acids is 2. The molecule has 134 valence electrons. The van der Waals surface area contributed by atoms with E-state index in [1.54, 1.807) is 24.3 Å². The van der Waals surface area contributed by atoms with E-state index in [2.05, 4.69) is 10.2 Å². The Hall–Kier alpha value is -3.05. The molecule has 27 heavy (non-hydrogen) atoms. The highest BCUT2D eigenvalue weighted by atomic mass is 35.5. The van der Waals surface area contributed by atoms with E-state index in [0.29, 0.717) is 11.1 Å². The number of hydrogen-bond donors (Lipinski definition) is 0. The summed E-state index contributed by atoms with van der Waals surface area (Å²) in [6.07, 6.45) is 0. The van der Waals surface area contributed by atoms with E-state index in [4.69, 9.17) is 11.6 Å². The summed E-state index contributed by atoms with van der Waals surface area (Å²) in [5.74, 6) is -0.868. The number of aromatic nitrogens is 2. The van der Waals surface area contributed by atoms with E-state index in [9.17, 15) is 9.59 Å². The molecule has 1 aliphatic heterocycles. The highest BCUT2D eigenvalue weighted by Gasteiger charge is 2.37. The van der Waals surface area contributed by atoms with Gasteiger partial charge in [-0.15, -0.1) is 5.10 Å². The molecule has 0 saturated carbocycles. The molecule has 3 aromatic rings. The average molecular weight is 378 g/mol. The van der Waals surface area contributed by atoms with E-state index < -0.39 is 0 Å². The van der Waals surface area contributed by atoms with E-state index in [1.165, 1.54) is 4.90 Å². The minimum atomic E-state index is -0.296. The number of aryl methyl sites for hydroxylation is 1. The molecule has 0 fully saturated rings. The highest BCUT2D eigenvalue weighted by Crippen LogP contribution is 2.33. The van der Waals surface area contributed by atoms with Gasteiger partial charge in [-0.25, -0.2) is 0 Å². The summed E-state index contributed by atoms with van der Waals surface area (Å²) in [5.41, 5.74) is 3.28. The lowest BCUT2D eigenvalue weighted by Crippen LogP contribution is -2.34. The quantitative estimate of drug-likeness (QED) is 0.647. The molecular weight excluding hydrogens is 362 g/mol. The summed E-state index contributed by atoms with van der Waals surface area (Å²) >= 11 is 6.33. The fourth-order valence-electron chi connectivity index (χ4n) is 3.39. The monoisotopic (exact) mass is 377 g/mol. The third kappa shape index (κ3) is 3.11. The van der Waals surface area contributed by atoms with Crippen LogP contribution >= 0.6 is 11.6 Å². The van der Waals surface area contributed by atoms with Gasteiger partial charge in [-0.3, -0.25) is 14.5 Å². The number of imide groups is 1. The van der Waals surface area contributed by atoms with Crippen LogP contribution in [0.15, 0.2) is 60.7 Å². The van der Waals surface area contributed by atoms with Gasteiger partial charge in [0.2, 0.25) is 0 Å². The van der Waals surface area contributed by atoms with Gasteiger partial charge >= 0.3 is 0 Å². The molecule has 6 heteroatoms. The molecule has 1 unspecified atom stereocenters. The van der Waals surface area contributed by atoms with E-state index in [1.807, 2.05) is 43.3 Å². The second-order valence-corrected chi connectivity index (χ2v) is 6.82. The second-order valence-electron chi connectivity index (χ2n) is 6.46. The standard InChI is InChI=1S/C21H16ClN3O2/c1-13-11-17(19(22)24-23-13)18(14-7-3-2-4-8-14)12-25-20(26)15-9-5-6-10-16(15)21(25)27/h2-11,18H,12H2,1H3. The van der Waals surface area contributed by atoms with Gasteiger partial charge < -0.3 is 0 Å². The van der Waals surface area contributed by atoms with Gasteiger partial charge in [-0.05, 0) is 30.7 Å². The molecule has 0 bridgehead atoms. The van der Waals surface area contributed by atoms with Gasteiger partial charge in [-0.2, -0.15) is 5.10 Å². The minimum absolute atomic E-state index is 0.182. The normalized spacial score (nSPS) is 14.4. The number of benzene rings is 2. The number of nitrogens with zero attached hydrogens (tertiary/aromatic N) is 3. The van der Waals surface area contributed by atoms with Crippen molar-refractivity contribution in [1.82, 2.24) is 15.1 Å². The average Bonchev–Trinajstić information content (AvgIpc) is 2.93. The maximum Gasteiger partial charge on any atom is 0.261 e. The van der Waals surface area contributed by atoms with Crippen LogP contribution < -0.4 is 0 Å². The molecule has 0 N–H and O–H groups in total. The van der Waals surface area contributed by atoms with Crippen molar-refractivity contribution in [1.29, 1.82) is 0 Å². The first kappa shape index (κ1) is 17.4. The van der Waals surface area contributed by atoms with Crippen molar-refractivity contribution >= 4 is 23.4 Å². The Labute approximate surface area is 161 Å². The van der Waals surface area contributed by atoms with Crippen molar-refractivity contribution < 1.29 is 9.59 Å². The maximum atomic E-state index is 12.8. The summed E-state index contributed by atoms with van der Waals surface area (Å²) in [4.78, 5) is 26.9. The molecular formula is C21H16ClN3O2. The van der Waals surface area contributed by atoms with Crippen LogP contribution in [0, 0.1) is 6.92 Å². The van der Waals surface area contributed by atoms with Gasteiger partial charge in [0.25, 0.3) is 11.8 Å². The molecule has 0 spiro atoms. The van der Waals surface area contributed by atoms with E-state index in [-0.39, 0.29) is 29.4 Å². The molecule has 5 nitrogen and oxygen atoms in total. The first-order valence-electron chi connectivity index (χ1n) is 8.56. The Kier molecular flexibility index (Phi) is 4.46. The van der Waals surface area contributed by atoms with Crippen molar-refractivity contribution in [2.24, 2.45) is 0 Å². The third-order valence-corrected chi connectivity index (χ3v) is 5.01. The molecule has 1 atom stereocenters. The summed E-state index contributed by atoms with van der Waals surface area (Å²) in [5, 5.41) is 8.25. The lowest BCUT2D eigenvalue weighted by molar-refractivity contribution is 0.0649. The Morgan fingerprint density at radius 3 is 2.15 bits per heavy atom. The minimum Gasteiger partial charge on any atom is -0.273 e. The van der Waals surface area contributed by atoms with Crippen LogP contribution in [0.3, 0.4) is 0 Å². The number of carbonyl (C=O) groups is 2. The Morgan fingerprint density at radius 1 is 0.926 bits per heavy atom. The van der Waals surface area contributed by atoms with Crippen molar-refractivity contribution in [3.8, 4) is 0 Å². The van der Waals surface area contributed by atoms with Gasteiger partial charge in [-0.1, -0.05) is 54.1 Å². The maximum absolute atomic E-state index is 12.8. The van der Waals surface area contributed by atoms with Crippen molar-refractivity contribution in [3.05, 3.63) is 93.8 Å². The Balaban J connectivity index is 1.76. The summed E-state index contributed by atoms with van der Waals surface area (Å²) in [6.45, 7) is 2.01. The number of amides is 2. The largest absolute Gasteiger partial charge is 0.273 e. The lowest BCUT2D eigenvalue weighted by atomic mass is 9.91. The summed E-state index contributed by atoms with van der Waals surface area (Å²) < 4.78 is 0. The molecule has 4 rings (SSSR count). The third-order valence-electron chi connectivity index (χ3n) is 4.72. The van der Waals surface area contributed by atoms with Crippen LogP contribution in [-0.2, 0) is 0 Å². The van der Waals surface area contributed by atoms with E-state index >= 15 is 0 Å². The predicted molar refractivity (Wildman–Crippen MR) is 102 cm³/mol. The SMILES string of the molecule is Cc1cc(C(CN2C(=O)c3ccccc3C2=O)c2ccccc2)c(Cl)nn1. The topological polar surface area (TPSA) is 63.2 Å². The number of fused-ring (bicyclic) bond motifs is 1. The molecule has 1 aliphatic rings. The number of halogens is 1. The molecule has 0 aliphatic carbocycles. The smallest absolute Gasteiger partial charge is 0.261 e. The predicted octanol–water partition coefficient (Wildman–Crippen LogP) is 3.87. The summed E-state index contributed by atoms with van der Waals surface area (Å²) in [6, 6.07) is 18.4. The number of hydrogen-bond acceptors (Lipinski definition) is 4. The molecule has 2 heterocycles. The second kappa shape index (κ2) is 6.93. The van der Waals surface area contributed by atoms with Crippen molar-refractivity contribution in [2.45, 2.75) is 12.8 Å². The van der Waals surface area contributed by atoms with Gasteiger partial charge in [0.1, 0.15) is 0 Å². The zero-order chi connectivity index (χ0) is 19.0. The zero-order valence-electron chi connectivity index (χ0n) is 14.6. The van der Waals surface area contributed by atoms with Crippen LogP contribution in [-0.4, -0.2) is 33.5 Å². The molecule has 2 amide bonds. The van der Waals surface area contributed by atoms with Crippen LogP contribution in [0.2, 0.25) is 5.15 Å². The molecule has 0 radical (unpaired) electrons. The zero-order valence-corrected chi connectivity index (χ0v) is 15.3. The van der Waals surface area contributed by atoms with E-state index in [0.717, 1.165) is 16.8 Å². The summed E-state index contributed by atoms with van der Waals surface area (Å²) in [7, 11) is 0. The molecule has 2 aromatic carbocycles. The molecule has 1 aromatic heterocycles. The highest BCUT2D eigenvalue weighted by molar-refractivity contribution is 6.30. The van der Waals surface area contributed by atoms with Crippen LogP contribution in [0.4, 0.5) is 0 Å². The van der Waals surface area contributed by atoms with Crippen molar-refractivity contribution in [3.63, 3.8) is 0 Å². The fourth-order valence-corrected chi connectivity index (χ4v) is 3.62. The lowest BCUT2D eigenvalue weighted by Gasteiger charge is -2.24. The van der Waals surface area contributed by atoms with Gasteiger partial charge in [0.15, 0.2) is 5.15 Å². The Morgan fingerprint density at radius 2 is 1.52 bits per heavy atom. The number of rotatable bonds is 4. The Bertz CT molecular complexity index is 1000. The van der Waals surface area contributed by atoms with Gasteiger partial charge in [0.05, 0.1) is 16.8 Å². The van der Waals surface area contributed by atoms with Crippen LogP contribution in [0.5, 0.6) is 0 Å². The van der Waals surface area contributed by atoms with Crippen molar-refractivity contribution in [2.75, 3.05) is 6.54 Å². The fraction of sp³-hybridized carbons (Fsp3) is 0.143. The van der Waals surface area contributed by atoms with Crippen LogP contribution in [0.25, 0.3) is 0 Å².